The van der Waals surface area contributed by atoms with E-state index < -0.39 is 14.8 Å². The second-order valence-electron chi connectivity index (χ2n) is 1.04. The molecule has 9 heavy (non-hydrogen) atoms. The van der Waals surface area contributed by atoms with Crippen LogP contribution in [0.15, 0.2) is 0 Å². The van der Waals surface area contributed by atoms with Gasteiger partial charge in [0.1, 0.15) is 14.8 Å². The first-order chi connectivity index (χ1) is 2.94. The summed E-state index contributed by atoms with van der Waals surface area (Å²) in [7, 11) is -4.23. The number of rotatable bonds is 1. The molecule has 0 heterocycles. The van der Waals surface area contributed by atoms with E-state index in [1.54, 1.807) is 0 Å². The summed E-state index contributed by atoms with van der Waals surface area (Å²) in [6.45, 7) is 1.11. The van der Waals surface area contributed by atoms with Gasteiger partial charge in [-0.05, 0) is 6.92 Å². The molecule has 0 aliphatic rings. The topological polar surface area (TPSA) is 88.7 Å². The van der Waals surface area contributed by atoms with E-state index in [0.717, 1.165) is 6.92 Å². The third kappa shape index (κ3) is 9.16. The molecule has 0 aromatic heterocycles. The monoisotopic (exact) mass is 184 g/mol. The van der Waals surface area contributed by atoms with Crippen LogP contribution in [0.2, 0.25) is 0 Å². The Labute approximate surface area is 80.9 Å². The molecule has 0 saturated heterocycles. The van der Waals surface area contributed by atoms with Crippen LogP contribution in [0.4, 0.5) is 0 Å². The van der Waals surface area contributed by atoms with Gasteiger partial charge in [-0.2, -0.15) is 0 Å². The standard InChI is InChI=1S/C2H5ClO3S.Na.H2O/c1-2(3)7(4,5)6;;/h2H,1H3,(H,4,5,6);;1H2/q;+1;/p-1. The van der Waals surface area contributed by atoms with Gasteiger partial charge in [-0.25, -0.2) is 8.42 Å². The van der Waals surface area contributed by atoms with E-state index in [1.807, 2.05) is 0 Å². The molecule has 0 aliphatic carbocycles. The molecule has 0 aliphatic heterocycles. The van der Waals surface area contributed by atoms with Gasteiger partial charge in [-0.3, -0.25) is 0 Å². The van der Waals surface area contributed by atoms with Crippen molar-refractivity contribution in [2.45, 2.75) is 11.6 Å². The normalized spacial score (nSPS) is 12.8. The molecule has 0 aromatic carbocycles. The molecule has 0 bridgehead atoms. The van der Waals surface area contributed by atoms with Crippen molar-refractivity contribution in [1.82, 2.24) is 0 Å². The second-order valence-corrected chi connectivity index (χ2v) is 3.64. The Morgan fingerprint density at radius 3 is 1.67 bits per heavy atom. The molecule has 1 atom stereocenters. The van der Waals surface area contributed by atoms with Crippen molar-refractivity contribution in [3.63, 3.8) is 0 Å². The van der Waals surface area contributed by atoms with Crippen molar-refractivity contribution >= 4 is 21.7 Å². The van der Waals surface area contributed by atoms with Crippen molar-refractivity contribution < 1.29 is 48.0 Å². The summed E-state index contributed by atoms with van der Waals surface area (Å²) in [4.78, 5) is 0. The van der Waals surface area contributed by atoms with E-state index in [4.69, 9.17) is 11.6 Å². The Morgan fingerprint density at radius 1 is 1.56 bits per heavy atom. The summed E-state index contributed by atoms with van der Waals surface area (Å²) < 4.78 is 27.6. The largest absolute Gasteiger partial charge is 1.00 e. The van der Waals surface area contributed by atoms with Gasteiger partial charge in [-0.1, -0.05) is 0 Å². The number of halogens is 1. The van der Waals surface area contributed by atoms with Gasteiger partial charge in [0, 0.05) is 0 Å². The van der Waals surface area contributed by atoms with Crippen LogP contribution in [-0.4, -0.2) is 23.2 Å². The van der Waals surface area contributed by atoms with Crippen LogP contribution >= 0.6 is 11.6 Å². The number of hydrogen-bond donors (Lipinski definition) is 0. The van der Waals surface area contributed by atoms with Gasteiger partial charge >= 0.3 is 29.6 Å². The van der Waals surface area contributed by atoms with Gasteiger partial charge < -0.3 is 10.0 Å². The summed E-state index contributed by atoms with van der Waals surface area (Å²) in [6.07, 6.45) is 0. The molecule has 0 spiro atoms. The molecule has 7 heteroatoms. The Balaban J connectivity index is -0.000000180. The number of hydrogen-bond acceptors (Lipinski definition) is 3. The Bertz CT molecular complexity index is 141. The first-order valence-electron chi connectivity index (χ1n) is 1.53. The zero-order valence-corrected chi connectivity index (χ0v) is 8.66. The predicted molar refractivity (Wildman–Crippen MR) is 28.6 cm³/mol. The SMILES string of the molecule is CC(Cl)S(=O)(=O)[O-].O.[Na+]. The quantitative estimate of drug-likeness (QED) is 0.239. The van der Waals surface area contributed by atoms with Gasteiger partial charge in [0.2, 0.25) is 0 Å². The summed E-state index contributed by atoms with van der Waals surface area (Å²) in [5.41, 5.74) is 0. The van der Waals surface area contributed by atoms with Crippen molar-refractivity contribution in [2.75, 3.05) is 0 Å². The fourth-order valence-electron chi connectivity index (χ4n) is 0. The first kappa shape index (κ1) is 16.6. The summed E-state index contributed by atoms with van der Waals surface area (Å²) >= 11 is 4.85. The van der Waals surface area contributed by atoms with Crippen LogP contribution in [0, 0.1) is 0 Å². The molecule has 0 saturated carbocycles. The van der Waals surface area contributed by atoms with Crippen molar-refractivity contribution in [1.29, 1.82) is 0 Å². The average molecular weight is 185 g/mol. The van der Waals surface area contributed by atoms with Crippen molar-refractivity contribution in [3.05, 3.63) is 0 Å². The van der Waals surface area contributed by atoms with Gasteiger partial charge in [-0.15, -0.1) is 11.6 Å². The van der Waals surface area contributed by atoms with Crippen molar-refractivity contribution in [3.8, 4) is 0 Å². The average Bonchev–Trinajstić information content (AvgIpc) is 1.31. The molecule has 0 rings (SSSR count). The minimum Gasteiger partial charge on any atom is -0.747 e. The molecule has 0 fully saturated rings. The van der Waals surface area contributed by atoms with Gasteiger partial charge in [0.25, 0.3) is 0 Å². The van der Waals surface area contributed by atoms with E-state index in [0.29, 0.717) is 0 Å². The van der Waals surface area contributed by atoms with Gasteiger partial charge in [0.15, 0.2) is 0 Å². The molecule has 0 aromatic rings. The fraction of sp³-hybridized carbons (Fsp3) is 1.00. The second kappa shape index (κ2) is 5.91. The first-order valence-corrected chi connectivity index (χ1v) is 3.44. The summed E-state index contributed by atoms with van der Waals surface area (Å²) in [5, 5.41) is 0. The molecule has 0 radical (unpaired) electrons. The van der Waals surface area contributed by atoms with Crippen LogP contribution in [0.25, 0.3) is 0 Å². The van der Waals surface area contributed by atoms with Crippen LogP contribution in [0.1, 0.15) is 6.92 Å². The Hall–Kier alpha value is 1.16. The van der Waals surface area contributed by atoms with E-state index >= 15 is 0 Å². The third-order valence-corrected chi connectivity index (χ3v) is 1.85. The maximum Gasteiger partial charge on any atom is 1.00 e. The zero-order valence-electron chi connectivity index (χ0n) is 5.09. The third-order valence-electron chi connectivity index (χ3n) is 0.398. The number of alkyl halides is 1. The van der Waals surface area contributed by atoms with E-state index in [9.17, 15) is 13.0 Å². The summed E-state index contributed by atoms with van der Waals surface area (Å²) in [6, 6.07) is 0. The minimum atomic E-state index is -4.23. The maximum atomic E-state index is 9.64. The Kier molecular flexibility index (Phi) is 10.9. The van der Waals surface area contributed by atoms with Crippen LogP contribution in [0.3, 0.4) is 0 Å². The molecule has 0 amide bonds. The smallest absolute Gasteiger partial charge is 0.747 e. The van der Waals surface area contributed by atoms with Crippen LogP contribution in [-0.2, 0) is 10.1 Å². The van der Waals surface area contributed by atoms with Gasteiger partial charge in [0.05, 0.1) is 0 Å². The fourth-order valence-corrected chi connectivity index (χ4v) is 0. The molecule has 2 N–H and O–H groups in total. The predicted octanol–water partition coefficient (Wildman–Crippen LogP) is -3.70. The molecule has 4 nitrogen and oxygen atoms in total. The molecule has 52 valence electrons. The van der Waals surface area contributed by atoms with Crippen LogP contribution < -0.4 is 29.6 Å². The van der Waals surface area contributed by atoms with Crippen LogP contribution in [0.5, 0.6) is 0 Å². The molecule has 1 unspecified atom stereocenters. The summed E-state index contributed by atoms with van der Waals surface area (Å²) in [5.74, 6) is 0. The zero-order chi connectivity index (χ0) is 6.08. The minimum absolute atomic E-state index is 0. The maximum absolute atomic E-state index is 9.64. The molecular weight excluding hydrogens is 179 g/mol. The van der Waals surface area contributed by atoms with E-state index in [2.05, 4.69) is 0 Å². The molecular formula is C2H6ClNaO4S. The Morgan fingerprint density at radius 2 is 1.67 bits per heavy atom. The van der Waals surface area contributed by atoms with E-state index in [1.165, 1.54) is 0 Å². The van der Waals surface area contributed by atoms with E-state index in [-0.39, 0.29) is 35.0 Å². The van der Waals surface area contributed by atoms with Crippen molar-refractivity contribution in [2.24, 2.45) is 0 Å².